The minimum absolute atomic E-state index is 0.711. The van der Waals surface area contributed by atoms with E-state index >= 15 is 0 Å². The van der Waals surface area contributed by atoms with Crippen LogP contribution in [0.5, 0.6) is 5.75 Å². The van der Waals surface area contributed by atoms with Gasteiger partial charge in [-0.2, -0.15) is 0 Å². The van der Waals surface area contributed by atoms with Crippen molar-refractivity contribution in [2.45, 2.75) is 26.2 Å². The molecule has 0 radical (unpaired) electrons. The van der Waals surface area contributed by atoms with Crippen LogP contribution in [0.3, 0.4) is 0 Å². The van der Waals surface area contributed by atoms with E-state index in [1.807, 2.05) is 19.1 Å². The van der Waals surface area contributed by atoms with Gasteiger partial charge >= 0.3 is 0 Å². The number of nitrogens with two attached hydrogens (primary N) is 1. The number of hydrogen-bond donors (Lipinski definition) is 1. The Morgan fingerprint density at radius 2 is 2.06 bits per heavy atom. The highest BCUT2D eigenvalue weighted by molar-refractivity contribution is 9.10. The van der Waals surface area contributed by atoms with E-state index in [9.17, 15) is 0 Å². The average molecular weight is 313 g/mol. The summed E-state index contributed by atoms with van der Waals surface area (Å²) in [6.45, 7) is 6.40. The third-order valence-electron chi connectivity index (χ3n) is 3.33. The molecule has 1 aromatic rings. The summed E-state index contributed by atoms with van der Waals surface area (Å²) in [5.74, 6) is 0.833. The first-order chi connectivity index (χ1) is 8.66. The third-order valence-corrected chi connectivity index (χ3v) is 3.79. The number of aryl methyl sites for hydroxylation is 1. The van der Waals surface area contributed by atoms with E-state index in [1.165, 1.54) is 25.9 Å². The number of hydrogen-bond acceptors (Lipinski definition) is 3. The Hall–Kier alpha value is -0.740. The minimum Gasteiger partial charge on any atom is -0.491 e. The molecule has 4 heteroatoms. The predicted octanol–water partition coefficient (Wildman–Crippen LogP) is 3.20. The molecule has 1 heterocycles. The molecule has 3 nitrogen and oxygen atoms in total. The van der Waals surface area contributed by atoms with Crippen LogP contribution in [0.25, 0.3) is 0 Å². The fourth-order valence-corrected chi connectivity index (χ4v) is 3.01. The minimum atomic E-state index is 0.711. The molecule has 0 aliphatic carbocycles. The summed E-state index contributed by atoms with van der Waals surface area (Å²) in [5.41, 5.74) is 7.76. The Bertz CT molecular complexity index is 380. The van der Waals surface area contributed by atoms with Crippen LogP contribution in [-0.2, 0) is 0 Å². The zero-order chi connectivity index (χ0) is 13.0. The molecule has 18 heavy (non-hydrogen) atoms. The Labute approximate surface area is 117 Å². The number of anilines is 1. The second-order valence-electron chi connectivity index (χ2n) is 4.89. The number of nitrogens with zero attached hydrogens (tertiary/aromatic N) is 1. The molecule has 0 bridgehead atoms. The second-order valence-corrected chi connectivity index (χ2v) is 5.81. The number of nitrogen functional groups attached to an aromatic ring is 1. The van der Waals surface area contributed by atoms with E-state index in [0.29, 0.717) is 5.69 Å². The molecule has 0 aromatic heterocycles. The molecule has 100 valence electrons. The van der Waals surface area contributed by atoms with E-state index in [0.717, 1.165) is 35.4 Å². The van der Waals surface area contributed by atoms with Crippen LogP contribution in [-0.4, -0.2) is 31.1 Å². The van der Waals surface area contributed by atoms with Gasteiger partial charge in [-0.25, -0.2) is 0 Å². The van der Waals surface area contributed by atoms with Crippen molar-refractivity contribution in [1.29, 1.82) is 0 Å². The summed E-state index contributed by atoms with van der Waals surface area (Å²) in [4.78, 5) is 2.50. The van der Waals surface area contributed by atoms with Crippen molar-refractivity contribution >= 4 is 21.6 Å². The van der Waals surface area contributed by atoms with Crippen LogP contribution in [0.2, 0.25) is 0 Å². The lowest BCUT2D eigenvalue weighted by Crippen LogP contribution is -2.22. The van der Waals surface area contributed by atoms with E-state index < -0.39 is 0 Å². The monoisotopic (exact) mass is 312 g/mol. The largest absolute Gasteiger partial charge is 0.491 e. The zero-order valence-corrected chi connectivity index (χ0v) is 12.5. The number of rotatable bonds is 5. The maximum absolute atomic E-state index is 5.96. The number of benzene rings is 1. The lowest BCUT2D eigenvalue weighted by molar-refractivity contribution is 0.263. The summed E-state index contributed by atoms with van der Waals surface area (Å²) in [6, 6.07) is 3.93. The fraction of sp³-hybridized carbons (Fsp3) is 0.571. The zero-order valence-electron chi connectivity index (χ0n) is 10.9. The van der Waals surface area contributed by atoms with E-state index in [4.69, 9.17) is 10.5 Å². The van der Waals surface area contributed by atoms with E-state index in [-0.39, 0.29) is 0 Å². The highest BCUT2D eigenvalue weighted by Crippen LogP contribution is 2.30. The molecular weight excluding hydrogens is 292 g/mol. The molecule has 2 N–H and O–H groups in total. The standard InChI is InChI=1S/C14H21BrN2O/c1-11-9-12(15)10-13(16)14(11)18-8-4-7-17-5-2-3-6-17/h9-10H,2-8,16H2,1H3. The maximum Gasteiger partial charge on any atom is 0.145 e. The topological polar surface area (TPSA) is 38.5 Å². The van der Waals surface area contributed by atoms with E-state index in [1.54, 1.807) is 0 Å². The van der Waals surface area contributed by atoms with Gasteiger partial charge in [0.25, 0.3) is 0 Å². The van der Waals surface area contributed by atoms with Gasteiger partial charge in [-0.15, -0.1) is 0 Å². The highest BCUT2D eigenvalue weighted by atomic mass is 79.9. The SMILES string of the molecule is Cc1cc(Br)cc(N)c1OCCCN1CCCC1. The normalized spacial score (nSPS) is 16.1. The van der Waals surface area contributed by atoms with Gasteiger partial charge in [-0.05, 0) is 57.0 Å². The van der Waals surface area contributed by atoms with E-state index in [2.05, 4.69) is 20.8 Å². The first kappa shape index (κ1) is 13.7. The molecule has 1 aromatic carbocycles. The van der Waals surface area contributed by atoms with Crippen LogP contribution < -0.4 is 10.5 Å². The molecule has 1 aliphatic rings. The summed E-state index contributed by atoms with van der Waals surface area (Å²) in [7, 11) is 0. The molecule has 2 rings (SSSR count). The van der Waals surface area contributed by atoms with Crippen molar-refractivity contribution in [3.63, 3.8) is 0 Å². The third kappa shape index (κ3) is 3.62. The molecule has 0 unspecified atom stereocenters. The van der Waals surface area contributed by atoms with Crippen molar-refractivity contribution in [3.8, 4) is 5.75 Å². The van der Waals surface area contributed by atoms with Gasteiger partial charge in [0, 0.05) is 11.0 Å². The van der Waals surface area contributed by atoms with Gasteiger partial charge in [0.05, 0.1) is 12.3 Å². The Balaban J connectivity index is 1.79. The van der Waals surface area contributed by atoms with Crippen LogP contribution in [0.1, 0.15) is 24.8 Å². The molecule has 1 saturated heterocycles. The molecule has 0 amide bonds. The smallest absolute Gasteiger partial charge is 0.145 e. The molecular formula is C14H21BrN2O. The van der Waals surface area contributed by atoms with Gasteiger partial charge in [0.15, 0.2) is 0 Å². The Morgan fingerprint density at radius 3 is 2.72 bits per heavy atom. The lowest BCUT2D eigenvalue weighted by atomic mass is 10.2. The summed E-state index contributed by atoms with van der Waals surface area (Å²) in [5, 5.41) is 0. The van der Waals surface area contributed by atoms with Gasteiger partial charge in [-0.1, -0.05) is 15.9 Å². The van der Waals surface area contributed by atoms with Crippen molar-refractivity contribution in [2.24, 2.45) is 0 Å². The van der Waals surface area contributed by atoms with Gasteiger partial charge in [0.1, 0.15) is 5.75 Å². The van der Waals surface area contributed by atoms with Crippen molar-refractivity contribution in [2.75, 3.05) is 32.0 Å². The molecule has 0 spiro atoms. The lowest BCUT2D eigenvalue weighted by Gasteiger charge is -2.16. The summed E-state index contributed by atoms with van der Waals surface area (Å²) >= 11 is 3.43. The maximum atomic E-state index is 5.96. The number of halogens is 1. The summed E-state index contributed by atoms with van der Waals surface area (Å²) < 4.78 is 6.81. The average Bonchev–Trinajstić information content (AvgIpc) is 2.79. The molecule has 1 aliphatic heterocycles. The van der Waals surface area contributed by atoms with Crippen LogP contribution in [0.4, 0.5) is 5.69 Å². The number of ether oxygens (including phenoxy) is 1. The molecule has 0 saturated carbocycles. The highest BCUT2D eigenvalue weighted by Gasteiger charge is 2.11. The first-order valence-corrected chi connectivity index (χ1v) is 7.37. The van der Waals surface area contributed by atoms with Crippen molar-refractivity contribution in [1.82, 2.24) is 4.90 Å². The Kier molecular flexibility index (Phi) is 4.89. The van der Waals surface area contributed by atoms with Crippen LogP contribution >= 0.6 is 15.9 Å². The van der Waals surface area contributed by atoms with Crippen LogP contribution in [0, 0.1) is 6.92 Å². The van der Waals surface area contributed by atoms with Crippen molar-refractivity contribution < 1.29 is 4.74 Å². The van der Waals surface area contributed by atoms with Gasteiger partial charge in [0.2, 0.25) is 0 Å². The van der Waals surface area contributed by atoms with Crippen LogP contribution in [0.15, 0.2) is 16.6 Å². The predicted molar refractivity (Wildman–Crippen MR) is 79.1 cm³/mol. The quantitative estimate of drug-likeness (QED) is 0.670. The van der Waals surface area contributed by atoms with Gasteiger partial charge < -0.3 is 15.4 Å². The molecule has 0 atom stereocenters. The fourth-order valence-electron chi connectivity index (χ4n) is 2.42. The van der Waals surface area contributed by atoms with Crippen molar-refractivity contribution in [3.05, 3.63) is 22.2 Å². The first-order valence-electron chi connectivity index (χ1n) is 6.57. The number of likely N-dealkylation sites (tertiary alicyclic amines) is 1. The van der Waals surface area contributed by atoms with Gasteiger partial charge in [-0.3, -0.25) is 0 Å². The molecule has 1 fully saturated rings. The summed E-state index contributed by atoms with van der Waals surface area (Å²) in [6.07, 6.45) is 3.76. The Morgan fingerprint density at radius 1 is 1.33 bits per heavy atom. The second kappa shape index (κ2) is 6.43.